The van der Waals surface area contributed by atoms with Crippen LogP contribution < -0.4 is 5.73 Å². The number of nitrogens with zero attached hydrogens (tertiary/aromatic N) is 1. The molecule has 0 aliphatic heterocycles. The molecule has 0 fully saturated rings. The summed E-state index contributed by atoms with van der Waals surface area (Å²) in [5.41, 5.74) is 8.25. The maximum absolute atomic E-state index is 5.57. The highest BCUT2D eigenvalue weighted by Crippen LogP contribution is 2.26. The standard InChI is InChI=1S/C11H9BrN2/c12-10-4-2-1-3-9(10)11-6-5-8(13)7-14-11/h1-7H,13H2. The van der Waals surface area contributed by atoms with Gasteiger partial charge < -0.3 is 5.73 Å². The minimum Gasteiger partial charge on any atom is -0.397 e. The first-order valence-electron chi connectivity index (χ1n) is 4.24. The summed E-state index contributed by atoms with van der Waals surface area (Å²) in [5, 5.41) is 0. The van der Waals surface area contributed by atoms with Crippen molar-refractivity contribution in [3.63, 3.8) is 0 Å². The summed E-state index contributed by atoms with van der Waals surface area (Å²) in [4.78, 5) is 4.25. The first-order valence-corrected chi connectivity index (χ1v) is 5.03. The topological polar surface area (TPSA) is 38.9 Å². The van der Waals surface area contributed by atoms with Gasteiger partial charge in [0.15, 0.2) is 0 Å². The van der Waals surface area contributed by atoms with E-state index >= 15 is 0 Å². The predicted molar refractivity (Wildman–Crippen MR) is 61.8 cm³/mol. The van der Waals surface area contributed by atoms with Crippen LogP contribution in [0.25, 0.3) is 11.3 Å². The molecule has 0 atom stereocenters. The summed E-state index contributed by atoms with van der Waals surface area (Å²) >= 11 is 3.48. The Hall–Kier alpha value is -1.35. The van der Waals surface area contributed by atoms with Crippen molar-refractivity contribution in [3.8, 4) is 11.3 Å². The number of anilines is 1. The molecule has 2 aromatic rings. The van der Waals surface area contributed by atoms with Gasteiger partial charge in [0.1, 0.15) is 0 Å². The molecule has 2 rings (SSSR count). The lowest BCUT2D eigenvalue weighted by Gasteiger charge is -2.03. The Labute approximate surface area is 90.9 Å². The van der Waals surface area contributed by atoms with Crippen molar-refractivity contribution >= 4 is 21.6 Å². The van der Waals surface area contributed by atoms with Crippen LogP contribution in [0.2, 0.25) is 0 Å². The van der Waals surface area contributed by atoms with Crippen LogP contribution in [0.15, 0.2) is 47.1 Å². The SMILES string of the molecule is Nc1ccc(-c2ccccc2Br)nc1. The molecule has 0 aliphatic carbocycles. The van der Waals surface area contributed by atoms with Gasteiger partial charge in [0.25, 0.3) is 0 Å². The van der Waals surface area contributed by atoms with E-state index in [0.717, 1.165) is 15.7 Å². The molecule has 0 spiro atoms. The molecule has 0 saturated carbocycles. The number of hydrogen-bond donors (Lipinski definition) is 1. The molecule has 70 valence electrons. The lowest BCUT2D eigenvalue weighted by Crippen LogP contribution is -1.88. The van der Waals surface area contributed by atoms with E-state index in [4.69, 9.17) is 5.73 Å². The van der Waals surface area contributed by atoms with Crippen molar-refractivity contribution in [3.05, 3.63) is 47.1 Å². The fraction of sp³-hybridized carbons (Fsp3) is 0. The smallest absolute Gasteiger partial charge is 0.0714 e. The number of halogens is 1. The summed E-state index contributed by atoms with van der Waals surface area (Å²) < 4.78 is 1.04. The Bertz CT molecular complexity index is 437. The van der Waals surface area contributed by atoms with Crippen LogP contribution in [-0.4, -0.2) is 4.98 Å². The van der Waals surface area contributed by atoms with Gasteiger partial charge in [-0.2, -0.15) is 0 Å². The zero-order chi connectivity index (χ0) is 9.97. The van der Waals surface area contributed by atoms with Gasteiger partial charge in [0, 0.05) is 10.0 Å². The van der Waals surface area contributed by atoms with E-state index in [9.17, 15) is 0 Å². The number of pyridine rings is 1. The minimum atomic E-state index is 0.681. The Morgan fingerprint density at radius 1 is 1.07 bits per heavy atom. The zero-order valence-corrected chi connectivity index (χ0v) is 9.03. The normalized spacial score (nSPS) is 10.1. The van der Waals surface area contributed by atoms with Gasteiger partial charge in [-0.3, -0.25) is 4.98 Å². The molecule has 0 amide bonds. The first kappa shape index (κ1) is 9.21. The monoisotopic (exact) mass is 248 g/mol. The second-order valence-electron chi connectivity index (χ2n) is 2.96. The molecule has 0 aliphatic rings. The number of benzene rings is 1. The highest BCUT2D eigenvalue weighted by Gasteiger charge is 2.02. The van der Waals surface area contributed by atoms with Crippen molar-refractivity contribution in [1.29, 1.82) is 0 Å². The third-order valence-electron chi connectivity index (χ3n) is 1.94. The van der Waals surface area contributed by atoms with E-state index in [0.29, 0.717) is 5.69 Å². The van der Waals surface area contributed by atoms with Crippen LogP contribution in [0.5, 0.6) is 0 Å². The maximum atomic E-state index is 5.57. The summed E-state index contributed by atoms with van der Waals surface area (Å²) in [6, 6.07) is 11.7. The van der Waals surface area contributed by atoms with Crippen LogP contribution in [0, 0.1) is 0 Å². The Morgan fingerprint density at radius 3 is 2.50 bits per heavy atom. The van der Waals surface area contributed by atoms with Crippen molar-refractivity contribution in [2.45, 2.75) is 0 Å². The van der Waals surface area contributed by atoms with Crippen LogP contribution in [0.3, 0.4) is 0 Å². The molecule has 1 aromatic heterocycles. The van der Waals surface area contributed by atoms with Crippen LogP contribution in [-0.2, 0) is 0 Å². The minimum absolute atomic E-state index is 0.681. The number of nitrogen functional groups attached to an aromatic ring is 1. The van der Waals surface area contributed by atoms with E-state index in [1.807, 2.05) is 36.4 Å². The molecule has 2 nitrogen and oxygen atoms in total. The molecule has 0 saturated heterocycles. The molecule has 0 radical (unpaired) electrons. The van der Waals surface area contributed by atoms with Gasteiger partial charge in [-0.15, -0.1) is 0 Å². The second-order valence-corrected chi connectivity index (χ2v) is 3.81. The lowest BCUT2D eigenvalue weighted by molar-refractivity contribution is 1.32. The van der Waals surface area contributed by atoms with Gasteiger partial charge in [0.2, 0.25) is 0 Å². The van der Waals surface area contributed by atoms with Crippen LogP contribution in [0.4, 0.5) is 5.69 Å². The summed E-state index contributed by atoms with van der Waals surface area (Å²) in [5.74, 6) is 0. The van der Waals surface area contributed by atoms with Crippen molar-refractivity contribution in [1.82, 2.24) is 4.98 Å². The van der Waals surface area contributed by atoms with E-state index in [2.05, 4.69) is 20.9 Å². The fourth-order valence-corrected chi connectivity index (χ4v) is 1.72. The third-order valence-corrected chi connectivity index (χ3v) is 2.63. The third kappa shape index (κ3) is 1.77. The molecule has 14 heavy (non-hydrogen) atoms. The molecular formula is C11H9BrN2. The summed E-state index contributed by atoms with van der Waals surface area (Å²) in [6.45, 7) is 0. The highest BCUT2D eigenvalue weighted by molar-refractivity contribution is 9.10. The largest absolute Gasteiger partial charge is 0.397 e. The zero-order valence-electron chi connectivity index (χ0n) is 7.44. The second kappa shape index (κ2) is 3.80. The number of rotatable bonds is 1. The maximum Gasteiger partial charge on any atom is 0.0714 e. The van der Waals surface area contributed by atoms with Gasteiger partial charge in [-0.05, 0) is 18.2 Å². The van der Waals surface area contributed by atoms with Crippen LogP contribution in [0.1, 0.15) is 0 Å². The van der Waals surface area contributed by atoms with Gasteiger partial charge in [-0.1, -0.05) is 34.1 Å². The number of hydrogen-bond acceptors (Lipinski definition) is 2. The molecule has 1 aromatic carbocycles. The van der Waals surface area contributed by atoms with Gasteiger partial charge >= 0.3 is 0 Å². The lowest BCUT2D eigenvalue weighted by atomic mass is 10.1. The Morgan fingerprint density at radius 2 is 1.86 bits per heavy atom. The first-order chi connectivity index (χ1) is 6.77. The van der Waals surface area contributed by atoms with E-state index < -0.39 is 0 Å². The average Bonchev–Trinajstić information content (AvgIpc) is 2.20. The molecule has 2 N–H and O–H groups in total. The molecule has 1 heterocycles. The summed E-state index contributed by atoms with van der Waals surface area (Å²) in [6.07, 6.45) is 1.66. The molecule has 0 bridgehead atoms. The van der Waals surface area contributed by atoms with E-state index in [1.54, 1.807) is 6.20 Å². The quantitative estimate of drug-likeness (QED) is 0.843. The molecule has 0 unspecified atom stereocenters. The van der Waals surface area contributed by atoms with Crippen molar-refractivity contribution in [2.75, 3.05) is 5.73 Å². The molecule has 3 heteroatoms. The average molecular weight is 249 g/mol. The molecular weight excluding hydrogens is 240 g/mol. The Balaban J connectivity index is 2.50. The predicted octanol–water partition coefficient (Wildman–Crippen LogP) is 3.09. The van der Waals surface area contributed by atoms with Crippen molar-refractivity contribution < 1.29 is 0 Å². The van der Waals surface area contributed by atoms with Gasteiger partial charge in [-0.25, -0.2) is 0 Å². The fourth-order valence-electron chi connectivity index (χ4n) is 1.23. The van der Waals surface area contributed by atoms with Gasteiger partial charge in [0.05, 0.1) is 17.6 Å². The van der Waals surface area contributed by atoms with E-state index in [1.165, 1.54) is 0 Å². The Kier molecular flexibility index (Phi) is 2.50. The van der Waals surface area contributed by atoms with E-state index in [-0.39, 0.29) is 0 Å². The highest BCUT2D eigenvalue weighted by atomic mass is 79.9. The van der Waals surface area contributed by atoms with Crippen molar-refractivity contribution in [2.24, 2.45) is 0 Å². The number of aromatic nitrogens is 1. The van der Waals surface area contributed by atoms with Crippen LogP contribution >= 0.6 is 15.9 Å². The summed E-state index contributed by atoms with van der Waals surface area (Å²) in [7, 11) is 0. The number of nitrogens with two attached hydrogens (primary N) is 1.